The van der Waals surface area contributed by atoms with E-state index in [0.717, 1.165) is 18.8 Å². The van der Waals surface area contributed by atoms with E-state index in [-0.39, 0.29) is 22.7 Å². The van der Waals surface area contributed by atoms with E-state index in [4.69, 9.17) is 4.98 Å². The van der Waals surface area contributed by atoms with Gasteiger partial charge in [-0.15, -0.1) is 0 Å². The van der Waals surface area contributed by atoms with E-state index in [1.807, 2.05) is 19.9 Å². The monoisotopic (exact) mass is 489 g/mol. The average Bonchev–Trinajstić information content (AvgIpc) is 3.10. The summed E-state index contributed by atoms with van der Waals surface area (Å²) in [5.74, 6) is 0.375. The number of benzene rings is 1. The third kappa shape index (κ3) is 4.17. The zero-order valence-electron chi connectivity index (χ0n) is 21.6. The number of nitrogens with one attached hydrogen (secondary N) is 2. The predicted octanol–water partition coefficient (Wildman–Crippen LogP) is 4.89. The Bertz CT molecular complexity index is 1510. The third-order valence-electron chi connectivity index (χ3n) is 6.68. The average molecular weight is 490 g/mol. The maximum Gasteiger partial charge on any atom is 0.278 e. The minimum atomic E-state index is -1.63. The van der Waals surface area contributed by atoms with Crippen LogP contribution in [0.25, 0.3) is 16.7 Å². The van der Waals surface area contributed by atoms with E-state index in [1.54, 1.807) is 33.9 Å². The summed E-state index contributed by atoms with van der Waals surface area (Å²) < 4.78 is 18.0. The van der Waals surface area contributed by atoms with Gasteiger partial charge in [0.05, 0.1) is 11.4 Å². The number of hydrogen-bond donors (Lipinski definition) is 2. The summed E-state index contributed by atoms with van der Waals surface area (Å²) in [6.45, 7) is 13.0. The maximum absolute atomic E-state index is 14.7. The van der Waals surface area contributed by atoms with Crippen molar-refractivity contribution in [3.8, 4) is 5.69 Å². The molecule has 36 heavy (non-hydrogen) atoms. The summed E-state index contributed by atoms with van der Waals surface area (Å²) in [4.78, 5) is 26.6. The number of pyridine rings is 1. The van der Waals surface area contributed by atoms with Crippen LogP contribution in [0.4, 0.5) is 16.0 Å². The van der Waals surface area contributed by atoms with Crippen LogP contribution in [-0.2, 0) is 17.6 Å². The van der Waals surface area contributed by atoms with Crippen molar-refractivity contribution >= 4 is 22.7 Å². The van der Waals surface area contributed by atoms with Crippen LogP contribution < -0.4 is 16.2 Å². The lowest BCUT2D eigenvalue weighted by atomic mass is 9.79. The highest BCUT2D eigenvalue weighted by atomic mass is 19.1. The fraction of sp³-hybridized carbons (Fsp3) is 0.407. The first kappa shape index (κ1) is 24.1. The second-order valence-corrected chi connectivity index (χ2v) is 10.8. The van der Waals surface area contributed by atoms with Gasteiger partial charge in [-0.1, -0.05) is 19.9 Å². The van der Waals surface area contributed by atoms with Gasteiger partial charge in [0.2, 0.25) is 5.95 Å². The summed E-state index contributed by atoms with van der Waals surface area (Å²) in [6, 6.07) is 9.55. The Hall–Kier alpha value is -3.59. The smallest absolute Gasteiger partial charge is 0.278 e. The minimum absolute atomic E-state index is 0.0644. The summed E-state index contributed by atoms with van der Waals surface area (Å²) in [7, 11) is 0. The van der Waals surface area contributed by atoms with Crippen molar-refractivity contribution in [1.82, 2.24) is 29.6 Å². The fourth-order valence-corrected chi connectivity index (χ4v) is 4.86. The molecular weight excluding hydrogens is 457 g/mol. The van der Waals surface area contributed by atoms with Gasteiger partial charge in [-0.2, -0.15) is 4.98 Å². The molecule has 0 aliphatic carbocycles. The van der Waals surface area contributed by atoms with Crippen molar-refractivity contribution in [1.29, 1.82) is 0 Å². The molecule has 0 amide bonds. The van der Waals surface area contributed by atoms with Crippen molar-refractivity contribution in [2.75, 3.05) is 11.9 Å². The van der Waals surface area contributed by atoms with Crippen molar-refractivity contribution < 1.29 is 4.39 Å². The molecule has 5 rings (SSSR count). The number of rotatable bonds is 5. The highest BCUT2D eigenvalue weighted by Gasteiger charge is 2.27. The molecule has 9 heteroatoms. The van der Waals surface area contributed by atoms with Crippen LogP contribution >= 0.6 is 0 Å². The number of aromatic nitrogens is 5. The normalized spacial score (nSPS) is 15.3. The summed E-state index contributed by atoms with van der Waals surface area (Å²) in [5, 5.41) is 7.17. The molecule has 0 spiro atoms. The first-order valence-corrected chi connectivity index (χ1v) is 12.2. The number of fused-ring (bicyclic) bond motifs is 2. The largest absolute Gasteiger partial charge is 0.324 e. The molecule has 0 saturated carbocycles. The van der Waals surface area contributed by atoms with Crippen LogP contribution in [0.2, 0.25) is 0 Å². The molecule has 0 bridgehead atoms. The van der Waals surface area contributed by atoms with Crippen LogP contribution in [0, 0.1) is 0 Å². The lowest BCUT2D eigenvalue weighted by Gasteiger charge is -2.33. The van der Waals surface area contributed by atoms with E-state index < -0.39 is 5.67 Å². The van der Waals surface area contributed by atoms with Gasteiger partial charge in [-0.05, 0) is 63.1 Å². The van der Waals surface area contributed by atoms with Gasteiger partial charge in [-0.3, -0.25) is 9.78 Å². The fourth-order valence-electron chi connectivity index (χ4n) is 4.86. The number of halogens is 1. The predicted molar refractivity (Wildman–Crippen MR) is 140 cm³/mol. The first-order valence-electron chi connectivity index (χ1n) is 12.2. The molecule has 0 fully saturated rings. The SMILES string of the molecule is CC(C)n1c(=O)c2cnc(Nc3ccc4c(c3)CNCC4(C)C)nc2n1-c1ccnc(C(C)(C)F)c1. The molecule has 8 nitrogen and oxygen atoms in total. The van der Waals surface area contributed by atoms with Crippen LogP contribution in [0.1, 0.15) is 64.4 Å². The quantitative estimate of drug-likeness (QED) is 0.415. The molecule has 2 N–H and O–H groups in total. The van der Waals surface area contributed by atoms with Gasteiger partial charge >= 0.3 is 0 Å². The number of anilines is 2. The zero-order valence-corrected chi connectivity index (χ0v) is 21.6. The van der Waals surface area contributed by atoms with Gasteiger partial charge in [-0.25, -0.2) is 18.7 Å². The Morgan fingerprint density at radius 1 is 1.17 bits per heavy atom. The van der Waals surface area contributed by atoms with Crippen LogP contribution in [0.3, 0.4) is 0 Å². The highest BCUT2D eigenvalue weighted by Crippen LogP contribution is 2.32. The number of hydrogen-bond acceptors (Lipinski definition) is 6. The van der Waals surface area contributed by atoms with Gasteiger partial charge in [0.15, 0.2) is 5.65 Å². The van der Waals surface area contributed by atoms with Crippen molar-refractivity contribution in [3.05, 3.63) is 69.9 Å². The summed E-state index contributed by atoms with van der Waals surface area (Å²) >= 11 is 0. The van der Waals surface area contributed by atoms with Gasteiger partial charge in [0.1, 0.15) is 11.1 Å². The Balaban J connectivity index is 1.61. The molecule has 1 aliphatic rings. The molecule has 0 saturated heterocycles. The van der Waals surface area contributed by atoms with E-state index in [9.17, 15) is 9.18 Å². The topological polar surface area (TPSA) is 89.7 Å². The molecule has 4 aromatic rings. The molecule has 4 heterocycles. The molecule has 0 unspecified atom stereocenters. The van der Waals surface area contributed by atoms with Crippen molar-refractivity contribution in [2.24, 2.45) is 0 Å². The summed E-state index contributed by atoms with van der Waals surface area (Å²) in [5.41, 5.74) is 3.01. The van der Waals surface area contributed by atoms with E-state index in [0.29, 0.717) is 22.7 Å². The number of nitrogens with zero attached hydrogens (tertiary/aromatic N) is 5. The van der Waals surface area contributed by atoms with E-state index in [2.05, 4.69) is 46.6 Å². The highest BCUT2D eigenvalue weighted by molar-refractivity contribution is 5.77. The standard InChI is InChI=1S/C27H32FN7O/c1-16(2)34-24(36)20-14-31-25(32-18-7-8-21-17(11-18)13-29-15-26(21,3)4)33-23(20)35(34)19-9-10-30-22(12-19)27(5,6)28/h7-12,14,16,29H,13,15H2,1-6H3,(H,31,32,33). The van der Waals surface area contributed by atoms with Gasteiger partial charge < -0.3 is 10.6 Å². The van der Waals surface area contributed by atoms with Crippen LogP contribution in [0.5, 0.6) is 0 Å². The maximum atomic E-state index is 14.7. The molecule has 0 radical (unpaired) electrons. The number of alkyl halides is 1. The molecule has 1 aromatic carbocycles. The zero-order chi connectivity index (χ0) is 25.8. The van der Waals surface area contributed by atoms with Crippen LogP contribution in [-0.4, -0.2) is 30.9 Å². The second kappa shape index (κ2) is 8.51. The second-order valence-electron chi connectivity index (χ2n) is 10.8. The van der Waals surface area contributed by atoms with Gasteiger partial charge in [0, 0.05) is 42.6 Å². The third-order valence-corrected chi connectivity index (χ3v) is 6.68. The van der Waals surface area contributed by atoms with Gasteiger partial charge in [0.25, 0.3) is 5.56 Å². The molecule has 188 valence electrons. The van der Waals surface area contributed by atoms with E-state index >= 15 is 0 Å². The molecule has 0 atom stereocenters. The molecule has 3 aromatic heterocycles. The lowest BCUT2D eigenvalue weighted by Crippen LogP contribution is -2.38. The lowest BCUT2D eigenvalue weighted by molar-refractivity contribution is 0.214. The Morgan fingerprint density at radius 3 is 2.67 bits per heavy atom. The minimum Gasteiger partial charge on any atom is -0.324 e. The van der Waals surface area contributed by atoms with Crippen molar-refractivity contribution in [2.45, 2.75) is 65.2 Å². The van der Waals surface area contributed by atoms with E-state index in [1.165, 1.54) is 25.0 Å². The van der Waals surface area contributed by atoms with Crippen molar-refractivity contribution in [3.63, 3.8) is 0 Å². The summed E-state index contributed by atoms with van der Waals surface area (Å²) in [6.07, 6.45) is 3.10. The van der Waals surface area contributed by atoms with Crippen LogP contribution in [0.15, 0.2) is 47.5 Å². The molecular formula is C27H32FN7O. The Labute approximate surface area is 209 Å². The molecule has 1 aliphatic heterocycles. The Morgan fingerprint density at radius 2 is 1.94 bits per heavy atom. The Kier molecular flexibility index (Phi) is 5.70. The first-order chi connectivity index (χ1) is 17.0.